The lowest BCUT2D eigenvalue weighted by molar-refractivity contribution is -0.139. The van der Waals surface area contributed by atoms with Crippen LogP contribution in [0.5, 0.6) is 5.88 Å². The average molecular weight is 379 g/mol. The molecule has 2 aliphatic carbocycles. The number of nitrogens with one attached hydrogen (secondary N) is 1. The number of esters is 1. The van der Waals surface area contributed by atoms with Gasteiger partial charge in [0, 0.05) is 24.4 Å². The molecule has 0 saturated carbocycles. The zero-order valence-electron chi connectivity index (χ0n) is 16.2. The summed E-state index contributed by atoms with van der Waals surface area (Å²) in [4.78, 5) is 24.8. The second kappa shape index (κ2) is 8.09. The Labute approximate surface area is 164 Å². The predicted molar refractivity (Wildman–Crippen MR) is 105 cm³/mol. The number of aromatic nitrogens is 2. The third kappa shape index (κ3) is 3.91. The molecule has 1 N–H and O–H groups in total. The lowest BCUT2D eigenvalue weighted by atomic mass is 9.98. The summed E-state index contributed by atoms with van der Waals surface area (Å²) in [6.45, 7) is 1.77. The van der Waals surface area contributed by atoms with E-state index in [1.165, 1.54) is 28.5 Å². The van der Waals surface area contributed by atoms with Crippen LogP contribution in [0.4, 0.5) is 5.69 Å². The molecule has 1 aromatic carbocycles. The Morgan fingerprint density at radius 2 is 1.86 bits per heavy atom. The standard InChI is InChI=1S/C22H25N3O3/c1-14(22(27)28-20-9-4-12-23-25-20)10-11-19(26)24-21-17-7-2-5-15(17)13-16-6-3-8-18(16)21/h4,9,12-14H,2-3,5-8,10-11H2,1H3,(H,24,26). The first-order valence-electron chi connectivity index (χ1n) is 10.1. The molecule has 6 heteroatoms. The van der Waals surface area contributed by atoms with E-state index in [9.17, 15) is 9.59 Å². The Kier molecular flexibility index (Phi) is 5.37. The number of rotatable bonds is 6. The van der Waals surface area contributed by atoms with Crippen LogP contribution in [0.15, 0.2) is 24.4 Å². The summed E-state index contributed by atoms with van der Waals surface area (Å²) in [7, 11) is 0. The fourth-order valence-electron chi connectivity index (χ4n) is 4.18. The molecule has 0 fully saturated rings. The molecule has 28 heavy (non-hydrogen) atoms. The molecular formula is C22H25N3O3. The highest BCUT2D eigenvalue weighted by molar-refractivity contribution is 5.93. The largest absolute Gasteiger partial charge is 0.406 e. The van der Waals surface area contributed by atoms with Crippen LogP contribution in [0.3, 0.4) is 0 Å². The number of amides is 1. The van der Waals surface area contributed by atoms with Crippen LogP contribution >= 0.6 is 0 Å². The minimum atomic E-state index is -0.394. The van der Waals surface area contributed by atoms with Crippen LogP contribution in [0, 0.1) is 5.92 Å². The molecule has 6 nitrogen and oxygen atoms in total. The van der Waals surface area contributed by atoms with Crippen molar-refractivity contribution in [2.75, 3.05) is 5.32 Å². The van der Waals surface area contributed by atoms with Crippen molar-refractivity contribution in [3.63, 3.8) is 0 Å². The summed E-state index contributed by atoms with van der Waals surface area (Å²) in [6, 6.07) is 5.59. The summed E-state index contributed by atoms with van der Waals surface area (Å²) in [5.74, 6) is -0.637. The van der Waals surface area contributed by atoms with Gasteiger partial charge in [-0.2, -0.15) is 5.10 Å². The fourth-order valence-corrected chi connectivity index (χ4v) is 4.18. The van der Waals surface area contributed by atoms with Gasteiger partial charge >= 0.3 is 5.97 Å². The van der Waals surface area contributed by atoms with Crippen molar-refractivity contribution >= 4 is 17.6 Å². The summed E-state index contributed by atoms with van der Waals surface area (Å²) >= 11 is 0. The lowest BCUT2D eigenvalue weighted by Gasteiger charge is -2.16. The second-order valence-corrected chi connectivity index (χ2v) is 7.70. The smallest absolute Gasteiger partial charge is 0.315 e. The minimum Gasteiger partial charge on any atom is -0.406 e. The Bertz CT molecular complexity index is 863. The number of nitrogens with zero attached hydrogens (tertiary/aromatic N) is 2. The van der Waals surface area contributed by atoms with Crippen LogP contribution in [0.2, 0.25) is 0 Å². The Morgan fingerprint density at radius 3 is 2.50 bits per heavy atom. The molecule has 0 radical (unpaired) electrons. The number of aryl methyl sites for hydroxylation is 2. The molecule has 2 aliphatic rings. The van der Waals surface area contributed by atoms with E-state index < -0.39 is 5.97 Å². The number of carbonyl (C=O) groups excluding carboxylic acids is 2. The molecule has 146 valence electrons. The van der Waals surface area contributed by atoms with E-state index in [0.717, 1.165) is 44.2 Å². The summed E-state index contributed by atoms with van der Waals surface area (Å²) in [6.07, 6.45) is 8.85. The van der Waals surface area contributed by atoms with Gasteiger partial charge in [-0.15, -0.1) is 5.10 Å². The Morgan fingerprint density at radius 1 is 1.14 bits per heavy atom. The van der Waals surface area contributed by atoms with E-state index in [4.69, 9.17) is 4.74 Å². The SMILES string of the molecule is CC(CCC(=O)Nc1c2c(cc3c1CCC3)CCC2)C(=O)Oc1cccnn1. The third-order valence-corrected chi connectivity index (χ3v) is 5.70. The molecule has 0 saturated heterocycles. The van der Waals surface area contributed by atoms with E-state index in [2.05, 4.69) is 21.6 Å². The molecule has 2 aromatic rings. The van der Waals surface area contributed by atoms with Crippen LogP contribution in [-0.4, -0.2) is 22.1 Å². The number of hydrogen-bond donors (Lipinski definition) is 1. The first kappa shape index (κ1) is 18.6. The zero-order valence-corrected chi connectivity index (χ0v) is 16.2. The molecular weight excluding hydrogens is 354 g/mol. The molecule has 1 unspecified atom stereocenters. The van der Waals surface area contributed by atoms with Gasteiger partial charge in [0.05, 0.1) is 5.92 Å². The van der Waals surface area contributed by atoms with Crippen molar-refractivity contribution < 1.29 is 14.3 Å². The average Bonchev–Trinajstić information content (AvgIpc) is 3.36. The number of hydrogen-bond acceptors (Lipinski definition) is 5. The van der Waals surface area contributed by atoms with Crippen molar-refractivity contribution in [2.24, 2.45) is 5.92 Å². The molecule has 4 rings (SSSR count). The normalized spacial score (nSPS) is 15.6. The zero-order chi connectivity index (χ0) is 19.5. The topological polar surface area (TPSA) is 81.2 Å². The highest BCUT2D eigenvalue weighted by Crippen LogP contribution is 2.38. The molecule has 1 atom stereocenters. The number of fused-ring (bicyclic) bond motifs is 2. The van der Waals surface area contributed by atoms with Gasteiger partial charge in [-0.25, -0.2) is 0 Å². The van der Waals surface area contributed by atoms with Gasteiger partial charge in [-0.3, -0.25) is 9.59 Å². The maximum absolute atomic E-state index is 12.6. The van der Waals surface area contributed by atoms with Crippen LogP contribution in [0.1, 0.15) is 54.9 Å². The van der Waals surface area contributed by atoms with E-state index in [-0.39, 0.29) is 24.1 Å². The van der Waals surface area contributed by atoms with Crippen LogP contribution in [-0.2, 0) is 35.3 Å². The van der Waals surface area contributed by atoms with E-state index in [1.807, 2.05) is 0 Å². The molecule has 0 spiro atoms. The van der Waals surface area contributed by atoms with E-state index >= 15 is 0 Å². The lowest BCUT2D eigenvalue weighted by Crippen LogP contribution is -2.21. The first-order valence-corrected chi connectivity index (χ1v) is 10.1. The van der Waals surface area contributed by atoms with Crippen LogP contribution in [0.25, 0.3) is 0 Å². The second-order valence-electron chi connectivity index (χ2n) is 7.70. The predicted octanol–water partition coefficient (Wildman–Crippen LogP) is 3.41. The molecule has 1 aromatic heterocycles. The van der Waals surface area contributed by atoms with Gasteiger partial charge in [-0.05, 0) is 73.3 Å². The van der Waals surface area contributed by atoms with Crippen LogP contribution < -0.4 is 10.1 Å². The van der Waals surface area contributed by atoms with Crippen molar-refractivity contribution in [1.29, 1.82) is 0 Å². The maximum Gasteiger partial charge on any atom is 0.315 e. The van der Waals surface area contributed by atoms with Crippen molar-refractivity contribution in [3.8, 4) is 5.88 Å². The third-order valence-electron chi connectivity index (χ3n) is 5.70. The maximum atomic E-state index is 12.6. The molecule has 0 bridgehead atoms. The van der Waals surface area contributed by atoms with Gasteiger partial charge in [0.15, 0.2) is 0 Å². The van der Waals surface area contributed by atoms with Gasteiger partial charge in [-0.1, -0.05) is 13.0 Å². The monoisotopic (exact) mass is 379 g/mol. The van der Waals surface area contributed by atoms with Gasteiger partial charge in [0.2, 0.25) is 11.8 Å². The van der Waals surface area contributed by atoms with Gasteiger partial charge in [0.25, 0.3) is 0 Å². The summed E-state index contributed by atoms with van der Waals surface area (Å²) < 4.78 is 5.20. The van der Waals surface area contributed by atoms with Gasteiger partial charge < -0.3 is 10.1 Å². The number of ether oxygens (including phenoxy) is 1. The molecule has 1 amide bonds. The Balaban J connectivity index is 1.36. The Hall–Kier alpha value is -2.76. The first-order chi connectivity index (χ1) is 13.6. The minimum absolute atomic E-state index is 0.0337. The number of anilines is 1. The summed E-state index contributed by atoms with van der Waals surface area (Å²) in [5.41, 5.74) is 6.50. The number of carbonyl (C=O) groups is 2. The van der Waals surface area contributed by atoms with E-state index in [0.29, 0.717) is 6.42 Å². The van der Waals surface area contributed by atoms with Gasteiger partial charge in [0.1, 0.15) is 0 Å². The van der Waals surface area contributed by atoms with E-state index in [1.54, 1.807) is 19.1 Å². The fraction of sp³-hybridized carbons (Fsp3) is 0.455. The van der Waals surface area contributed by atoms with Crippen molar-refractivity contribution in [2.45, 2.75) is 58.3 Å². The van der Waals surface area contributed by atoms with Crippen molar-refractivity contribution in [3.05, 3.63) is 46.6 Å². The quantitative estimate of drug-likeness (QED) is 0.778. The summed E-state index contributed by atoms with van der Waals surface area (Å²) in [5, 5.41) is 10.6. The molecule has 1 heterocycles. The highest BCUT2D eigenvalue weighted by Gasteiger charge is 2.25. The highest BCUT2D eigenvalue weighted by atomic mass is 16.5. The molecule has 0 aliphatic heterocycles. The van der Waals surface area contributed by atoms with Crippen molar-refractivity contribution in [1.82, 2.24) is 10.2 Å². The number of benzene rings is 1.